The number of rotatable bonds is 7. The van der Waals surface area contributed by atoms with E-state index >= 15 is 0 Å². The number of halogens is 1. The molecule has 0 atom stereocenters. The maximum Gasteiger partial charge on any atom is 0.191 e. The Balaban J connectivity index is 0.00000256. The molecule has 1 saturated heterocycles. The highest BCUT2D eigenvalue weighted by Gasteiger charge is 2.12. The first-order valence-corrected chi connectivity index (χ1v) is 10.6. The summed E-state index contributed by atoms with van der Waals surface area (Å²) in [7, 11) is 0. The molecule has 1 aliphatic heterocycles. The Labute approximate surface area is 195 Å². The topological polar surface area (TPSA) is 68.3 Å². The number of nitrogens with one attached hydrogen (secondary N) is 3. The van der Waals surface area contributed by atoms with E-state index in [1.807, 2.05) is 6.20 Å². The molecule has 7 heteroatoms. The first-order chi connectivity index (χ1) is 14.3. The van der Waals surface area contributed by atoms with Gasteiger partial charge in [-0.1, -0.05) is 24.3 Å². The number of nitrogens with zero attached hydrogens (tertiary/aromatic N) is 3. The van der Waals surface area contributed by atoms with Gasteiger partial charge in [0.1, 0.15) is 5.82 Å². The Morgan fingerprint density at radius 2 is 1.97 bits per heavy atom. The number of H-pyrrole nitrogens is 1. The van der Waals surface area contributed by atoms with E-state index in [0.29, 0.717) is 6.54 Å². The lowest BCUT2D eigenvalue weighted by Gasteiger charge is -2.16. The monoisotopic (exact) mass is 518 g/mol. The summed E-state index contributed by atoms with van der Waals surface area (Å²) in [4.78, 5) is 15.0. The number of hydrogen-bond acceptors (Lipinski definition) is 3. The molecule has 0 spiro atoms. The smallest absolute Gasteiger partial charge is 0.191 e. The number of pyridine rings is 1. The molecule has 30 heavy (non-hydrogen) atoms. The van der Waals surface area contributed by atoms with Gasteiger partial charge in [-0.3, -0.25) is 0 Å². The van der Waals surface area contributed by atoms with Crippen molar-refractivity contribution in [1.29, 1.82) is 0 Å². The first-order valence-electron chi connectivity index (χ1n) is 10.6. The van der Waals surface area contributed by atoms with Gasteiger partial charge in [0.15, 0.2) is 5.96 Å². The van der Waals surface area contributed by atoms with Gasteiger partial charge in [0, 0.05) is 49.5 Å². The van der Waals surface area contributed by atoms with Gasteiger partial charge in [0.05, 0.1) is 6.54 Å². The van der Waals surface area contributed by atoms with E-state index in [9.17, 15) is 0 Å². The third-order valence-corrected chi connectivity index (χ3v) is 5.36. The predicted octanol–water partition coefficient (Wildman–Crippen LogP) is 4.08. The van der Waals surface area contributed by atoms with Crippen molar-refractivity contribution in [3.8, 4) is 0 Å². The summed E-state index contributed by atoms with van der Waals surface area (Å²) >= 11 is 0. The van der Waals surface area contributed by atoms with Crippen LogP contribution in [0.4, 0.5) is 5.82 Å². The van der Waals surface area contributed by atoms with Crippen LogP contribution in [-0.2, 0) is 13.0 Å². The van der Waals surface area contributed by atoms with Crippen LogP contribution in [0.3, 0.4) is 0 Å². The highest BCUT2D eigenvalue weighted by atomic mass is 127. The second kappa shape index (κ2) is 11.2. The molecule has 0 saturated carbocycles. The van der Waals surface area contributed by atoms with Crippen molar-refractivity contribution in [1.82, 2.24) is 20.6 Å². The second-order valence-electron chi connectivity index (χ2n) is 7.45. The normalized spacial score (nSPS) is 14.0. The van der Waals surface area contributed by atoms with Gasteiger partial charge >= 0.3 is 0 Å². The van der Waals surface area contributed by atoms with Crippen molar-refractivity contribution in [3.63, 3.8) is 0 Å². The Morgan fingerprint density at radius 1 is 1.13 bits per heavy atom. The van der Waals surface area contributed by atoms with Crippen molar-refractivity contribution in [3.05, 3.63) is 59.9 Å². The number of anilines is 1. The Hall–Kier alpha value is -2.29. The van der Waals surface area contributed by atoms with Gasteiger partial charge in [0.25, 0.3) is 0 Å². The van der Waals surface area contributed by atoms with Crippen molar-refractivity contribution >= 4 is 46.7 Å². The fourth-order valence-corrected chi connectivity index (χ4v) is 3.81. The lowest BCUT2D eigenvalue weighted by Crippen LogP contribution is -2.38. The largest absolute Gasteiger partial charge is 0.361 e. The van der Waals surface area contributed by atoms with Crippen LogP contribution in [-0.4, -0.2) is 42.1 Å². The highest BCUT2D eigenvalue weighted by Crippen LogP contribution is 2.18. The number of para-hydroxylation sites is 1. The second-order valence-corrected chi connectivity index (χ2v) is 7.45. The Kier molecular flexibility index (Phi) is 8.36. The molecule has 2 aromatic heterocycles. The number of aromatic nitrogens is 2. The molecule has 6 nitrogen and oxygen atoms in total. The molecular weight excluding hydrogens is 487 g/mol. The summed E-state index contributed by atoms with van der Waals surface area (Å²) < 4.78 is 0. The number of guanidine groups is 1. The average Bonchev–Trinajstić information content (AvgIpc) is 3.43. The zero-order valence-electron chi connectivity index (χ0n) is 17.5. The molecule has 0 aliphatic carbocycles. The van der Waals surface area contributed by atoms with Crippen LogP contribution in [0.2, 0.25) is 0 Å². The van der Waals surface area contributed by atoms with Crippen LogP contribution in [0.5, 0.6) is 0 Å². The first kappa shape index (κ1) is 22.4. The molecule has 0 radical (unpaired) electrons. The molecular formula is C23H31IN6. The van der Waals surface area contributed by atoms with Gasteiger partial charge in [-0.15, -0.1) is 24.0 Å². The Morgan fingerprint density at radius 3 is 2.73 bits per heavy atom. The molecule has 0 amide bonds. The highest BCUT2D eigenvalue weighted by molar-refractivity contribution is 14.0. The number of fused-ring (bicyclic) bond motifs is 1. The molecule has 0 unspecified atom stereocenters. The molecule has 3 N–H and O–H groups in total. The lowest BCUT2D eigenvalue weighted by molar-refractivity contribution is 0.801. The maximum atomic E-state index is 4.73. The van der Waals surface area contributed by atoms with E-state index in [2.05, 4.69) is 75.0 Å². The summed E-state index contributed by atoms with van der Waals surface area (Å²) in [5.74, 6) is 1.93. The van der Waals surface area contributed by atoms with Crippen molar-refractivity contribution in [2.24, 2.45) is 4.99 Å². The van der Waals surface area contributed by atoms with Crippen LogP contribution in [0.1, 0.15) is 30.9 Å². The molecule has 3 aromatic rings. The van der Waals surface area contributed by atoms with E-state index in [1.54, 1.807) is 0 Å². The van der Waals surface area contributed by atoms with Crippen LogP contribution < -0.4 is 15.5 Å². The van der Waals surface area contributed by atoms with E-state index in [-0.39, 0.29) is 24.0 Å². The molecule has 4 rings (SSSR count). The van der Waals surface area contributed by atoms with Gasteiger partial charge in [-0.2, -0.15) is 0 Å². The van der Waals surface area contributed by atoms with Crippen molar-refractivity contribution < 1.29 is 0 Å². The third-order valence-electron chi connectivity index (χ3n) is 5.36. The SMILES string of the molecule is CCNC(=NCc1ccc(N2CCCC2)nc1)NCCc1c[nH]c2ccccc12.I. The quantitative estimate of drug-likeness (QED) is 0.251. The van der Waals surface area contributed by atoms with Crippen molar-refractivity contribution in [2.45, 2.75) is 32.7 Å². The zero-order chi connectivity index (χ0) is 19.9. The van der Waals surface area contributed by atoms with Gasteiger partial charge in [-0.05, 0) is 49.4 Å². The summed E-state index contributed by atoms with van der Waals surface area (Å²) in [6.45, 7) is 6.62. The van der Waals surface area contributed by atoms with Crippen LogP contribution >= 0.6 is 24.0 Å². The van der Waals surface area contributed by atoms with Gasteiger partial charge in [-0.25, -0.2) is 9.98 Å². The third kappa shape index (κ3) is 5.65. The fourth-order valence-electron chi connectivity index (χ4n) is 3.81. The minimum atomic E-state index is 0. The molecule has 3 heterocycles. The van der Waals surface area contributed by atoms with Gasteiger partial charge < -0.3 is 20.5 Å². The summed E-state index contributed by atoms with van der Waals surface area (Å²) in [6.07, 6.45) is 7.53. The standard InChI is InChI=1S/C23H30N6.HI/c1-2-24-23(25-12-11-19-17-26-21-8-4-3-7-20(19)21)28-16-18-9-10-22(27-15-18)29-13-5-6-14-29;/h3-4,7-10,15,17,26H,2,5-6,11-14,16H2,1H3,(H2,24,25,28);1H. The Bertz CT molecular complexity index is 944. The summed E-state index contributed by atoms with van der Waals surface area (Å²) in [6, 6.07) is 12.7. The number of aromatic amines is 1. The predicted molar refractivity (Wildman–Crippen MR) is 136 cm³/mol. The van der Waals surface area contributed by atoms with E-state index in [0.717, 1.165) is 49.9 Å². The molecule has 1 aliphatic rings. The number of aliphatic imine (C=N–C) groups is 1. The summed E-state index contributed by atoms with van der Waals surface area (Å²) in [5, 5.41) is 8.07. The minimum absolute atomic E-state index is 0. The van der Waals surface area contributed by atoms with E-state index in [4.69, 9.17) is 4.99 Å². The number of hydrogen-bond donors (Lipinski definition) is 3. The van der Waals surface area contributed by atoms with Crippen LogP contribution in [0.25, 0.3) is 10.9 Å². The lowest BCUT2D eigenvalue weighted by atomic mass is 10.1. The minimum Gasteiger partial charge on any atom is -0.361 e. The zero-order valence-corrected chi connectivity index (χ0v) is 19.9. The van der Waals surface area contributed by atoms with Crippen molar-refractivity contribution in [2.75, 3.05) is 31.1 Å². The maximum absolute atomic E-state index is 4.73. The van der Waals surface area contributed by atoms with Crippen LogP contribution in [0, 0.1) is 0 Å². The molecule has 1 aromatic carbocycles. The molecule has 1 fully saturated rings. The molecule has 0 bridgehead atoms. The molecule has 160 valence electrons. The van der Waals surface area contributed by atoms with Gasteiger partial charge in [0.2, 0.25) is 0 Å². The van der Waals surface area contributed by atoms with E-state index in [1.165, 1.54) is 29.3 Å². The average molecular weight is 518 g/mol. The fraction of sp³-hybridized carbons (Fsp3) is 0.391. The summed E-state index contributed by atoms with van der Waals surface area (Å²) in [5.41, 5.74) is 3.64. The number of benzene rings is 1. The van der Waals surface area contributed by atoms with E-state index < -0.39 is 0 Å². The van der Waals surface area contributed by atoms with Crippen LogP contribution in [0.15, 0.2) is 53.8 Å².